The molecule has 3 nitrogen and oxygen atoms in total. The second-order valence-corrected chi connectivity index (χ2v) is 4.29. The van der Waals surface area contributed by atoms with Crippen molar-refractivity contribution < 1.29 is 4.42 Å². The standard InChI is InChI=1S/C13H14N2OS/c1-9-3-2-4-11(13(14)17)12(9)15-7-10-5-6-16-8-10/h2-6,8,15H,7H2,1H3,(H2,14,17). The van der Waals surface area contributed by atoms with Gasteiger partial charge in [-0.25, -0.2) is 0 Å². The van der Waals surface area contributed by atoms with Crippen molar-refractivity contribution in [3.63, 3.8) is 0 Å². The zero-order chi connectivity index (χ0) is 12.3. The highest BCUT2D eigenvalue weighted by Crippen LogP contribution is 2.21. The molecule has 3 N–H and O–H groups in total. The Morgan fingerprint density at radius 3 is 2.88 bits per heavy atom. The molecule has 88 valence electrons. The zero-order valence-corrected chi connectivity index (χ0v) is 10.4. The quantitative estimate of drug-likeness (QED) is 0.814. The second-order valence-electron chi connectivity index (χ2n) is 3.85. The van der Waals surface area contributed by atoms with Crippen molar-refractivity contribution in [3.05, 3.63) is 53.5 Å². The van der Waals surface area contributed by atoms with Crippen molar-refractivity contribution in [2.45, 2.75) is 13.5 Å². The summed E-state index contributed by atoms with van der Waals surface area (Å²) in [5.41, 5.74) is 9.78. The van der Waals surface area contributed by atoms with Gasteiger partial charge in [-0.2, -0.15) is 0 Å². The Morgan fingerprint density at radius 2 is 2.24 bits per heavy atom. The molecule has 2 rings (SSSR count). The van der Waals surface area contributed by atoms with Gasteiger partial charge in [0.15, 0.2) is 0 Å². The number of furan rings is 1. The molecule has 0 aliphatic heterocycles. The summed E-state index contributed by atoms with van der Waals surface area (Å²) in [5.74, 6) is 0. The third kappa shape index (κ3) is 2.65. The molecule has 0 saturated heterocycles. The Morgan fingerprint density at radius 1 is 1.41 bits per heavy atom. The molecule has 0 aliphatic carbocycles. The van der Waals surface area contributed by atoms with Crippen LogP contribution in [-0.2, 0) is 6.54 Å². The minimum Gasteiger partial charge on any atom is -0.472 e. The molecule has 0 bridgehead atoms. The van der Waals surface area contributed by atoms with Crippen LogP contribution in [0.3, 0.4) is 0 Å². The van der Waals surface area contributed by atoms with Gasteiger partial charge in [0.25, 0.3) is 0 Å². The first-order valence-electron chi connectivity index (χ1n) is 5.33. The fraction of sp³-hybridized carbons (Fsp3) is 0.154. The number of anilines is 1. The number of thiocarbonyl (C=S) groups is 1. The van der Waals surface area contributed by atoms with Crippen LogP contribution in [0.25, 0.3) is 0 Å². The van der Waals surface area contributed by atoms with Gasteiger partial charge in [0.2, 0.25) is 0 Å². The van der Waals surface area contributed by atoms with Crippen LogP contribution >= 0.6 is 12.2 Å². The molecule has 0 atom stereocenters. The van der Waals surface area contributed by atoms with Crippen molar-refractivity contribution in [2.24, 2.45) is 5.73 Å². The summed E-state index contributed by atoms with van der Waals surface area (Å²) in [6.45, 7) is 2.72. The van der Waals surface area contributed by atoms with Crippen LogP contribution in [0, 0.1) is 6.92 Å². The van der Waals surface area contributed by atoms with Crippen LogP contribution in [-0.4, -0.2) is 4.99 Å². The van der Waals surface area contributed by atoms with E-state index >= 15 is 0 Å². The summed E-state index contributed by atoms with van der Waals surface area (Å²) in [7, 11) is 0. The van der Waals surface area contributed by atoms with Gasteiger partial charge in [-0.3, -0.25) is 0 Å². The van der Waals surface area contributed by atoms with Crippen molar-refractivity contribution >= 4 is 22.9 Å². The molecular weight excluding hydrogens is 232 g/mol. The summed E-state index contributed by atoms with van der Waals surface area (Å²) in [6.07, 6.45) is 3.37. The topological polar surface area (TPSA) is 51.2 Å². The fourth-order valence-corrected chi connectivity index (χ4v) is 1.86. The van der Waals surface area contributed by atoms with E-state index in [-0.39, 0.29) is 0 Å². The number of rotatable bonds is 4. The highest BCUT2D eigenvalue weighted by atomic mass is 32.1. The first-order valence-corrected chi connectivity index (χ1v) is 5.73. The normalized spacial score (nSPS) is 10.2. The van der Waals surface area contributed by atoms with E-state index in [1.54, 1.807) is 12.5 Å². The van der Waals surface area contributed by atoms with E-state index in [1.165, 1.54) is 0 Å². The maximum atomic E-state index is 5.71. The summed E-state index contributed by atoms with van der Waals surface area (Å²) < 4.78 is 5.02. The van der Waals surface area contributed by atoms with Crippen LogP contribution in [0.5, 0.6) is 0 Å². The summed E-state index contributed by atoms with van der Waals surface area (Å²) in [4.78, 5) is 0.406. The molecule has 1 aromatic carbocycles. The van der Waals surface area contributed by atoms with E-state index in [0.29, 0.717) is 11.5 Å². The van der Waals surface area contributed by atoms with E-state index in [9.17, 15) is 0 Å². The highest BCUT2D eigenvalue weighted by molar-refractivity contribution is 7.80. The lowest BCUT2D eigenvalue weighted by Gasteiger charge is -2.13. The van der Waals surface area contributed by atoms with Gasteiger partial charge in [0, 0.05) is 23.4 Å². The molecule has 1 heterocycles. The van der Waals surface area contributed by atoms with Gasteiger partial charge in [0.05, 0.1) is 12.5 Å². The minimum atomic E-state index is 0.406. The van der Waals surface area contributed by atoms with Crippen molar-refractivity contribution in [1.29, 1.82) is 0 Å². The Bertz CT molecular complexity index is 520. The fourth-order valence-electron chi connectivity index (χ4n) is 1.69. The maximum Gasteiger partial charge on any atom is 0.106 e. The van der Waals surface area contributed by atoms with Gasteiger partial charge in [0.1, 0.15) is 4.99 Å². The predicted octanol–water partition coefficient (Wildman–Crippen LogP) is 2.83. The predicted molar refractivity (Wildman–Crippen MR) is 73.1 cm³/mol. The van der Waals surface area contributed by atoms with Gasteiger partial charge < -0.3 is 15.5 Å². The third-order valence-electron chi connectivity index (χ3n) is 2.59. The van der Waals surface area contributed by atoms with Crippen molar-refractivity contribution in [2.75, 3.05) is 5.32 Å². The lowest BCUT2D eigenvalue weighted by atomic mass is 10.1. The number of benzene rings is 1. The van der Waals surface area contributed by atoms with E-state index < -0.39 is 0 Å². The van der Waals surface area contributed by atoms with Crippen LogP contribution in [0.15, 0.2) is 41.2 Å². The number of aryl methyl sites for hydroxylation is 1. The number of nitrogens with two attached hydrogens (primary N) is 1. The lowest BCUT2D eigenvalue weighted by Crippen LogP contribution is -2.14. The van der Waals surface area contributed by atoms with E-state index in [1.807, 2.05) is 31.2 Å². The molecule has 17 heavy (non-hydrogen) atoms. The Hall–Kier alpha value is -1.81. The molecule has 0 unspecified atom stereocenters. The molecule has 0 radical (unpaired) electrons. The maximum absolute atomic E-state index is 5.71. The number of hydrogen-bond donors (Lipinski definition) is 2. The SMILES string of the molecule is Cc1cccc(C(N)=S)c1NCc1ccoc1. The summed E-state index contributed by atoms with van der Waals surface area (Å²) in [5, 5.41) is 3.34. The van der Waals surface area contributed by atoms with Gasteiger partial charge in [-0.05, 0) is 24.6 Å². The van der Waals surface area contributed by atoms with Crippen LogP contribution in [0.2, 0.25) is 0 Å². The van der Waals surface area contributed by atoms with Crippen molar-refractivity contribution in [1.82, 2.24) is 0 Å². The molecule has 0 aliphatic rings. The summed E-state index contributed by atoms with van der Waals surface area (Å²) >= 11 is 5.04. The van der Waals surface area contributed by atoms with E-state index in [2.05, 4.69) is 5.32 Å². The number of nitrogens with one attached hydrogen (secondary N) is 1. The highest BCUT2D eigenvalue weighted by Gasteiger charge is 2.07. The molecule has 1 aromatic heterocycles. The lowest BCUT2D eigenvalue weighted by molar-refractivity contribution is 0.564. The van der Waals surface area contributed by atoms with E-state index in [0.717, 1.165) is 22.4 Å². The van der Waals surface area contributed by atoms with Gasteiger partial charge in [-0.15, -0.1) is 0 Å². The minimum absolute atomic E-state index is 0.406. The number of hydrogen-bond acceptors (Lipinski definition) is 3. The van der Waals surface area contributed by atoms with Crippen LogP contribution in [0.1, 0.15) is 16.7 Å². The molecule has 0 fully saturated rings. The second kappa shape index (κ2) is 5.01. The Labute approximate surface area is 106 Å². The summed E-state index contributed by atoms with van der Waals surface area (Å²) in [6, 6.07) is 7.82. The first-order chi connectivity index (χ1) is 8.18. The largest absolute Gasteiger partial charge is 0.472 e. The van der Waals surface area contributed by atoms with E-state index in [4.69, 9.17) is 22.4 Å². The number of para-hydroxylation sites is 1. The average molecular weight is 246 g/mol. The van der Waals surface area contributed by atoms with Crippen LogP contribution in [0.4, 0.5) is 5.69 Å². The molecule has 0 amide bonds. The van der Waals surface area contributed by atoms with Crippen molar-refractivity contribution in [3.8, 4) is 0 Å². The molecular formula is C13H14N2OS. The average Bonchev–Trinajstić information content (AvgIpc) is 2.80. The Balaban J connectivity index is 2.22. The Kier molecular flexibility index (Phi) is 3.44. The molecule has 2 aromatic rings. The zero-order valence-electron chi connectivity index (χ0n) is 9.57. The third-order valence-corrected chi connectivity index (χ3v) is 2.81. The smallest absolute Gasteiger partial charge is 0.106 e. The van der Waals surface area contributed by atoms with Crippen LogP contribution < -0.4 is 11.1 Å². The first kappa shape index (κ1) is 11.7. The van der Waals surface area contributed by atoms with Gasteiger partial charge >= 0.3 is 0 Å². The monoisotopic (exact) mass is 246 g/mol. The molecule has 0 saturated carbocycles. The molecule has 0 spiro atoms. The van der Waals surface area contributed by atoms with Gasteiger partial charge in [-0.1, -0.05) is 24.4 Å². The molecule has 4 heteroatoms.